The van der Waals surface area contributed by atoms with Crippen LogP contribution in [0.1, 0.15) is 96.8 Å². The fourth-order valence-electron chi connectivity index (χ4n) is 2.59. The maximum atomic E-state index is 10.3. The molecule has 0 saturated carbocycles. The van der Waals surface area contributed by atoms with E-state index in [4.69, 9.17) is 15.9 Å². The van der Waals surface area contributed by atoms with Crippen LogP contribution in [-0.4, -0.2) is 41.1 Å². The zero-order valence-corrected chi connectivity index (χ0v) is 18.2. The molecule has 0 aromatic carbocycles. The summed E-state index contributed by atoms with van der Waals surface area (Å²) in [4.78, 5) is 30.3. The number of hydrogen-bond donors (Lipinski definition) is 4. The number of aliphatic carboxylic acids is 2. The molecule has 0 rings (SSSR count). The van der Waals surface area contributed by atoms with Gasteiger partial charge in [0.15, 0.2) is 0 Å². The van der Waals surface area contributed by atoms with Gasteiger partial charge in [-0.05, 0) is 32.1 Å². The molecule has 0 bridgehead atoms. The predicted octanol–water partition coefficient (Wildman–Crippen LogP) is 4.25. The van der Waals surface area contributed by atoms with Crippen LogP contribution in [0.3, 0.4) is 0 Å². The van der Waals surface area contributed by atoms with Crippen molar-refractivity contribution in [3.8, 4) is 0 Å². The third kappa shape index (κ3) is 31.0. The topological polar surface area (TPSA) is 130 Å². The van der Waals surface area contributed by atoms with Crippen LogP contribution in [0.5, 0.6) is 0 Å². The normalized spacial score (nSPS) is 10.4. The van der Waals surface area contributed by atoms with Crippen molar-refractivity contribution < 1.29 is 24.6 Å². The number of allylic oxidation sites excluding steroid dienone is 2. The van der Waals surface area contributed by atoms with Crippen molar-refractivity contribution in [3.05, 3.63) is 12.2 Å². The van der Waals surface area contributed by atoms with E-state index in [1.807, 2.05) is 0 Å². The fourth-order valence-corrected chi connectivity index (χ4v) is 2.59. The van der Waals surface area contributed by atoms with Gasteiger partial charge in [-0.15, -0.1) is 0 Å². The zero-order valence-electron chi connectivity index (χ0n) is 18.2. The van der Waals surface area contributed by atoms with Gasteiger partial charge in [-0.3, -0.25) is 14.4 Å². The number of rotatable bonds is 18. The lowest BCUT2D eigenvalue weighted by Gasteiger charge is -1.99. The van der Waals surface area contributed by atoms with Crippen LogP contribution in [0.4, 0.5) is 0 Å². The molecule has 0 unspecified atom stereocenters. The third-order valence-corrected chi connectivity index (χ3v) is 4.27. The van der Waals surface area contributed by atoms with Crippen molar-refractivity contribution >= 4 is 17.8 Å². The average Bonchev–Trinajstić information content (AvgIpc) is 2.69. The van der Waals surface area contributed by atoms with E-state index in [-0.39, 0.29) is 13.1 Å². The van der Waals surface area contributed by atoms with Crippen LogP contribution < -0.4 is 11.1 Å². The Morgan fingerprint density at radius 2 is 1.24 bits per heavy atom. The Labute approximate surface area is 176 Å². The Kier molecular flexibility index (Phi) is 24.4. The van der Waals surface area contributed by atoms with Crippen molar-refractivity contribution in [1.29, 1.82) is 0 Å². The monoisotopic (exact) mass is 414 g/mol. The molecule has 1 amide bonds. The lowest BCUT2D eigenvalue weighted by Crippen LogP contribution is -2.34. The van der Waals surface area contributed by atoms with Crippen molar-refractivity contribution in [2.24, 2.45) is 5.73 Å². The highest BCUT2D eigenvalue weighted by Crippen LogP contribution is 2.09. The number of carbonyl (C=O) groups excluding carboxylic acids is 1. The van der Waals surface area contributed by atoms with Crippen LogP contribution in [0, 0.1) is 0 Å². The van der Waals surface area contributed by atoms with Gasteiger partial charge in [0.2, 0.25) is 5.91 Å². The van der Waals surface area contributed by atoms with Gasteiger partial charge in [0.05, 0.1) is 6.54 Å². The molecule has 0 aliphatic rings. The van der Waals surface area contributed by atoms with Crippen LogP contribution in [0.2, 0.25) is 0 Å². The molecule has 29 heavy (non-hydrogen) atoms. The Balaban J connectivity index is 0. The smallest absolute Gasteiger partial charge is 0.322 e. The largest absolute Gasteiger partial charge is 0.481 e. The average molecular weight is 415 g/mol. The number of nitrogens with one attached hydrogen (secondary N) is 1. The highest BCUT2D eigenvalue weighted by Gasteiger charge is 1.98. The quantitative estimate of drug-likeness (QED) is 0.196. The van der Waals surface area contributed by atoms with Crippen molar-refractivity contribution in [2.75, 3.05) is 13.1 Å². The molecule has 7 nitrogen and oxygen atoms in total. The summed E-state index contributed by atoms with van der Waals surface area (Å²) in [5, 5.41) is 18.6. The summed E-state index contributed by atoms with van der Waals surface area (Å²) >= 11 is 0. The summed E-state index contributed by atoms with van der Waals surface area (Å²) in [5.74, 6) is -2.20. The highest BCUT2D eigenvalue weighted by molar-refractivity contribution is 5.82. The van der Waals surface area contributed by atoms with E-state index in [0.29, 0.717) is 6.42 Å². The number of carbonyl (C=O) groups is 3. The molecule has 0 aliphatic heterocycles. The van der Waals surface area contributed by atoms with Crippen LogP contribution in [0.25, 0.3) is 0 Å². The summed E-state index contributed by atoms with van der Waals surface area (Å²) in [5.41, 5.74) is 4.85. The minimum absolute atomic E-state index is 0.173. The lowest BCUT2D eigenvalue weighted by molar-refractivity contribution is -0.138. The van der Waals surface area contributed by atoms with Crippen LogP contribution in [0.15, 0.2) is 12.2 Å². The Morgan fingerprint density at radius 3 is 1.69 bits per heavy atom. The molecule has 0 aromatic heterocycles. The van der Waals surface area contributed by atoms with Crippen LogP contribution >= 0.6 is 0 Å². The van der Waals surface area contributed by atoms with Gasteiger partial charge < -0.3 is 21.3 Å². The second-order valence-corrected chi connectivity index (χ2v) is 7.10. The van der Waals surface area contributed by atoms with Crippen molar-refractivity contribution in [3.63, 3.8) is 0 Å². The molecular weight excluding hydrogens is 372 g/mol. The van der Waals surface area contributed by atoms with Gasteiger partial charge in [-0.2, -0.15) is 0 Å². The van der Waals surface area contributed by atoms with E-state index in [1.165, 1.54) is 70.6 Å². The predicted molar refractivity (Wildman–Crippen MR) is 117 cm³/mol. The van der Waals surface area contributed by atoms with Gasteiger partial charge in [-0.25, -0.2) is 0 Å². The minimum Gasteiger partial charge on any atom is -0.481 e. The van der Waals surface area contributed by atoms with Crippen LogP contribution in [-0.2, 0) is 14.4 Å². The van der Waals surface area contributed by atoms with E-state index in [2.05, 4.69) is 24.4 Å². The summed E-state index contributed by atoms with van der Waals surface area (Å²) in [6.07, 6.45) is 21.2. The molecule has 0 aliphatic carbocycles. The van der Waals surface area contributed by atoms with E-state index in [1.54, 1.807) is 0 Å². The molecule has 0 fully saturated rings. The number of hydrogen-bond acceptors (Lipinski definition) is 4. The number of amides is 1. The molecule has 0 heterocycles. The number of unbranched alkanes of at least 4 members (excludes halogenated alkanes) is 11. The summed E-state index contributed by atoms with van der Waals surface area (Å²) in [7, 11) is 0. The Morgan fingerprint density at radius 1 is 0.759 bits per heavy atom. The van der Waals surface area contributed by atoms with Crippen molar-refractivity contribution in [1.82, 2.24) is 5.32 Å². The molecule has 0 saturated heterocycles. The fraction of sp³-hybridized carbons (Fsp3) is 0.773. The molecule has 5 N–H and O–H groups in total. The van der Waals surface area contributed by atoms with Crippen molar-refractivity contribution in [2.45, 2.75) is 96.8 Å². The van der Waals surface area contributed by atoms with E-state index in [9.17, 15) is 14.4 Å². The zero-order chi connectivity index (χ0) is 22.2. The molecule has 0 spiro atoms. The Hall–Kier alpha value is -1.89. The molecule has 0 aromatic rings. The number of carboxylic acids is 2. The summed E-state index contributed by atoms with van der Waals surface area (Å²) in [6.45, 7) is 1.72. The summed E-state index contributed by atoms with van der Waals surface area (Å²) in [6, 6.07) is 0. The second-order valence-electron chi connectivity index (χ2n) is 7.10. The minimum atomic E-state index is -1.07. The van der Waals surface area contributed by atoms with E-state index < -0.39 is 17.8 Å². The number of carboxylic acid groups (broad SMARTS) is 2. The van der Waals surface area contributed by atoms with E-state index >= 15 is 0 Å². The van der Waals surface area contributed by atoms with Gasteiger partial charge in [0.1, 0.15) is 6.54 Å². The van der Waals surface area contributed by atoms with Gasteiger partial charge in [-0.1, -0.05) is 70.4 Å². The standard InChI is InChI=1S/C18H34O2.C4H8N2O3/c1-2-3-4-5-6-7-8-9-10-11-12-13-14-15-16-17-18(19)20;5-1-3(7)6-2-4(8)9/h9-10H,2-8,11-17H2,1H3,(H,19,20);1-2,5H2,(H,6,7)(H,8,9)/b10-9-;. The molecule has 170 valence electrons. The number of nitrogens with two attached hydrogens (primary N) is 1. The first-order chi connectivity index (χ1) is 13.9. The first kappa shape index (κ1) is 29.3. The molecule has 0 atom stereocenters. The SMILES string of the molecule is CCCCCCCC/C=C\CCCCCCCC(=O)O.NCC(=O)NCC(=O)O. The maximum absolute atomic E-state index is 10.3. The lowest BCUT2D eigenvalue weighted by atomic mass is 10.1. The third-order valence-electron chi connectivity index (χ3n) is 4.27. The summed E-state index contributed by atoms with van der Waals surface area (Å²) < 4.78 is 0. The Bertz CT molecular complexity index is 439. The molecule has 7 heteroatoms. The first-order valence-corrected chi connectivity index (χ1v) is 11.0. The highest BCUT2D eigenvalue weighted by atomic mass is 16.4. The first-order valence-electron chi connectivity index (χ1n) is 11.0. The van der Waals surface area contributed by atoms with E-state index in [0.717, 1.165) is 12.8 Å². The van der Waals surface area contributed by atoms with Gasteiger partial charge in [0.25, 0.3) is 0 Å². The second kappa shape index (κ2) is 24.1. The van der Waals surface area contributed by atoms with Gasteiger partial charge >= 0.3 is 11.9 Å². The maximum Gasteiger partial charge on any atom is 0.322 e. The van der Waals surface area contributed by atoms with Gasteiger partial charge in [0, 0.05) is 6.42 Å². The molecular formula is C22H42N2O5. The molecule has 0 radical (unpaired) electrons.